The second-order valence-corrected chi connectivity index (χ2v) is 5.30. The number of non-ortho nitro benzene ring substituents is 1. The van der Waals surface area contributed by atoms with Crippen molar-refractivity contribution in [2.24, 2.45) is 0 Å². The van der Waals surface area contributed by atoms with Gasteiger partial charge in [0.1, 0.15) is 11.4 Å². The van der Waals surface area contributed by atoms with Gasteiger partial charge in [0.15, 0.2) is 0 Å². The van der Waals surface area contributed by atoms with Crippen molar-refractivity contribution in [2.75, 3.05) is 13.7 Å². The van der Waals surface area contributed by atoms with E-state index in [0.29, 0.717) is 11.3 Å². The lowest BCUT2D eigenvalue weighted by Crippen LogP contribution is -2.32. The van der Waals surface area contributed by atoms with E-state index in [1.54, 1.807) is 20.8 Å². The minimum atomic E-state index is -0.583. The van der Waals surface area contributed by atoms with Crippen molar-refractivity contribution in [3.63, 3.8) is 0 Å². The molecule has 0 saturated carbocycles. The molecular weight excluding hydrogens is 288 g/mol. The molecule has 0 aliphatic carbocycles. The quantitative estimate of drug-likeness (QED) is 0.526. The number of nitro groups is 1. The van der Waals surface area contributed by atoms with Crippen LogP contribution in [0.4, 0.5) is 10.5 Å². The highest BCUT2D eigenvalue weighted by atomic mass is 16.6. The minimum Gasteiger partial charge on any atom is -0.495 e. The van der Waals surface area contributed by atoms with Crippen LogP contribution < -0.4 is 10.1 Å². The van der Waals surface area contributed by atoms with Crippen molar-refractivity contribution in [1.82, 2.24) is 5.32 Å². The molecule has 22 heavy (non-hydrogen) atoms. The van der Waals surface area contributed by atoms with Crippen LogP contribution in [0.15, 0.2) is 18.2 Å². The number of nitrogens with zero attached hydrogens (tertiary/aromatic N) is 1. The minimum absolute atomic E-state index is 0.0563. The number of methoxy groups -OCH3 is 1. The summed E-state index contributed by atoms with van der Waals surface area (Å²) in [5.74, 6) is 5.85. The first-order valence-electron chi connectivity index (χ1n) is 6.51. The van der Waals surface area contributed by atoms with E-state index >= 15 is 0 Å². The maximum absolute atomic E-state index is 11.4. The van der Waals surface area contributed by atoms with Gasteiger partial charge in [0.2, 0.25) is 0 Å². The van der Waals surface area contributed by atoms with Crippen molar-refractivity contribution in [1.29, 1.82) is 0 Å². The number of carbonyl (C=O) groups excluding carboxylic acids is 1. The molecule has 7 heteroatoms. The molecule has 0 fully saturated rings. The Bertz CT molecular complexity index is 623. The normalized spacial score (nSPS) is 10.2. The summed E-state index contributed by atoms with van der Waals surface area (Å²) < 4.78 is 10.1. The Morgan fingerprint density at radius 1 is 1.41 bits per heavy atom. The summed E-state index contributed by atoms with van der Waals surface area (Å²) in [5, 5.41) is 13.2. The molecule has 0 unspecified atom stereocenters. The van der Waals surface area contributed by atoms with E-state index in [1.807, 2.05) is 0 Å². The molecule has 0 saturated heterocycles. The van der Waals surface area contributed by atoms with Gasteiger partial charge in [-0.1, -0.05) is 11.8 Å². The molecule has 1 rings (SSSR count). The van der Waals surface area contributed by atoms with Crippen LogP contribution in [0, 0.1) is 22.0 Å². The van der Waals surface area contributed by atoms with Gasteiger partial charge in [-0.25, -0.2) is 4.79 Å². The molecule has 0 aliphatic heterocycles. The molecule has 0 aromatic heterocycles. The third kappa shape index (κ3) is 5.71. The van der Waals surface area contributed by atoms with Crippen molar-refractivity contribution < 1.29 is 19.2 Å². The average molecular weight is 306 g/mol. The van der Waals surface area contributed by atoms with Gasteiger partial charge in [0, 0.05) is 12.1 Å². The number of nitrogens with one attached hydrogen (secondary N) is 1. The van der Waals surface area contributed by atoms with E-state index in [0.717, 1.165) is 0 Å². The zero-order valence-electron chi connectivity index (χ0n) is 12.9. The smallest absolute Gasteiger partial charge is 0.408 e. The summed E-state index contributed by atoms with van der Waals surface area (Å²) in [7, 11) is 1.45. The zero-order valence-corrected chi connectivity index (χ0v) is 12.9. The maximum atomic E-state index is 11.4. The Kier molecular flexibility index (Phi) is 5.75. The lowest BCUT2D eigenvalue weighted by Gasteiger charge is -2.19. The van der Waals surface area contributed by atoms with Crippen LogP contribution in [0.2, 0.25) is 0 Å². The largest absolute Gasteiger partial charge is 0.495 e. The predicted molar refractivity (Wildman–Crippen MR) is 80.8 cm³/mol. The van der Waals surface area contributed by atoms with Gasteiger partial charge < -0.3 is 14.8 Å². The fourth-order valence-corrected chi connectivity index (χ4v) is 1.48. The molecule has 0 heterocycles. The fourth-order valence-electron chi connectivity index (χ4n) is 1.48. The van der Waals surface area contributed by atoms with E-state index in [4.69, 9.17) is 9.47 Å². The molecule has 1 amide bonds. The Morgan fingerprint density at radius 2 is 2.09 bits per heavy atom. The highest BCUT2D eigenvalue weighted by Gasteiger charge is 2.15. The van der Waals surface area contributed by atoms with Crippen LogP contribution in [-0.4, -0.2) is 30.3 Å². The molecule has 0 bridgehead atoms. The van der Waals surface area contributed by atoms with Crippen LogP contribution in [0.25, 0.3) is 0 Å². The summed E-state index contributed by atoms with van der Waals surface area (Å²) in [5.41, 5.74) is -0.284. The van der Waals surface area contributed by atoms with Crippen molar-refractivity contribution in [3.8, 4) is 17.6 Å². The second-order valence-electron chi connectivity index (χ2n) is 5.30. The molecule has 0 radical (unpaired) electrons. The number of rotatable bonds is 3. The molecular formula is C15H18N2O5. The van der Waals surface area contributed by atoms with Gasteiger partial charge in [0.05, 0.1) is 24.1 Å². The van der Waals surface area contributed by atoms with Crippen LogP contribution in [-0.2, 0) is 4.74 Å². The van der Waals surface area contributed by atoms with Crippen LogP contribution >= 0.6 is 0 Å². The van der Waals surface area contributed by atoms with Crippen LogP contribution in [0.3, 0.4) is 0 Å². The number of alkyl carbamates (subject to hydrolysis) is 1. The first-order valence-corrected chi connectivity index (χ1v) is 6.51. The maximum Gasteiger partial charge on any atom is 0.408 e. The number of benzene rings is 1. The van der Waals surface area contributed by atoms with Gasteiger partial charge in [-0.3, -0.25) is 10.1 Å². The molecule has 1 aromatic rings. The van der Waals surface area contributed by atoms with Gasteiger partial charge in [-0.05, 0) is 26.8 Å². The molecule has 7 nitrogen and oxygen atoms in total. The molecule has 0 spiro atoms. The number of amides is 1. The molecule has 1 aromatic carbocycles. The summed E-state index contributed by atoms with van der Waals surface area (Å²) in [6, 6.07) is 4.13. The SMILES string of the molecule is COc1ccc([N+](=O)[O-])cc1C#CCNC(=O)OC(C)(C)C. The summed E-state index contributed by atoms with van der Waals surface area (Å²) >= 11 is 0. The van der Waals surface area contributed by atoms with Crippen LogP contribution in [0.5, 0.6) is 5.75 Å². The van der Waals surface area contributed by atoms with Crippen molar-refractivity contribution in [2.45, 2.75) is 26.4 Å². The summed E-state index contributed by atoms with van der Waals surface area (Å²) in [4.78, 5) is 21.7. The number of hydrogen-bond donors (Lipinski definition) is 1. The Balaban J connectivity index is 2.73. The lowest BCUT2D eigenvalue weighted by molar-refractivity contribution is -0.384. The Labute approximate surface area is 128 Å². The number of ether oxygens (including phenoxy) is 2. The topological polar surface area (TPSA) is 90.7 Å². The monoisotopic (exact) mass is 306 g/mol. The summed E-state index contributed by atoms with van der Waals surface area (Å²) in [6.45, 7) is 5.32. The third-order valence-corrected chi connectivity index (χ3v) is 2.34. The Morgan fingerprint density at radius 3 is 2.64 bits per heavy atom. The van der Waals surface area contributed by atoms with E-state index in [2.05, 4.69) is 17.2 Å². The summed E-state index contributed by atoms with van der Waals surface area (Å²) in [6.07, 6.45) is -0.576. The Hall–Kier alpha value is -2.75. The molecule has 1 N–H and O–H groups in total. The lowest BCUT2D eigenvalue weighted by atomic mass is 10.2. The van der Waals surface area contributed by atoms with Gasteiger partial charge in [-0.2, -0.15) is 0 Å². The highest BCUT2D eigenvalue weighted by Crippen LogP contribution is 2.22. The van der Waals surface area contributed by atoms with E-state index in [-0.39, 0.29) is 12.2 Å². The molecule has 0 atom stereocenters. The van der Waals surface area contributed by atoms with Crippen molar-refractivity contribution >= 4 is 11.8 Å². The average Bonchev–Trinajstić information content (AvgIpc) is 2.41. The predicted octanol–water partition coefficient (Wildman–Crippen LogP) is 2.48. The highest BCUT2D eigenvalue weighted by molar-refractivity contribution is 5.68. The standard InChI is InChI=1S/C15H18N2O5/c1-15(2,3)22-14(18)16-9-5-6-11-10-12(17(19)20)7-8-13(11)21-4/h7-8,10H,9H2,1-4H3,(H,16,18). The zero-order chi connectivity index (χ0) is 16.8. The van der Waals surface area contributed by atoms with E-state index < -0.39 is 16.6 Å². The second kappa shape index (κ2) is 7.31. The number of nitro benzene ring substituents is 1. The fraction of sp³-hybridized carbons (Fsp3) is 0.400. The van der Waals surface area contributed by atoms with E-state index in [1.165, 1.54) is 25.3 Å². The van der Waals surface area contributed by atoms with Gasteiger partial charge in [-0.15, -0.1) is 0 Å². The van der Waals surface area contributed by atoms with Gasteiger partial charge in [0.25, 0.3) is 5.69 Å². The van der Waals surface area contributed by atoms with E-state index in [9.17, 15) is 14.9 Å². The third-order valence-electron chi connectivity index (χ3n) is 2.34. The first kappa shape index (κ1) is 17.3. The molecule has 0 aliphatic rings. The first-order chi connectivity index (χ1) is 10.2. The van der Waals surface area contributed by atoms with Gasteiger partial charge >= 0.3 is 6.09 Å². The van der Waals surface area contributed by atoms with Crippen molar-refractivity contribution in [3.05, 3.63) is 33.9 Å². The van der Waals surface area contributed by atoms with Crippen LogP contribution in [0.1, 0.15) is 26.3 Å². The molecule has 118 valence electrons. The number of hydrogen-bond acceptors (Lipinski definition) is 5. The number of carbonyl (C=O) groups is 1.